The molecule has 1 N–H and O–H groups in total. The van der Waals surface area contributed by atoms with Gasteiger partial charge in [0.05, 0.1) is 6.54 Å². The third-order valence-corrected chi connectivity index (χ3v) is 4.22. The molecule has 108 valence electrons. The number of hydrogen-bond donors (Lipinski definition) is 1. The number of rotatable bonds is 3. The molecule has 4 nitrogen and oxygen atoms in total. The quantitative estimate of drug-likeness (QED) is 0.851. The van der Waals surface area contributed by atoms with Crippen molar-refractivity contribution < 1.29 is 18.4 Å². The van der Waals surface area contributed by atoms with Crippen molar-refractivity contribution in [3.05, 3.63) is 0 Å². The van der Waals surface area contributed by atoms with E-state index in [0.29, 0.717) is 19.3 Å². The van der Waals surface area contributed by atoms with Crippen LogP contribution in [0.25, 0.3) is 0 Å². The van der Waals surface area contributed by atoms with E-state index in [1.165, 1.54) is 0 Å². The molecule has 19 heavy (non-hydrogen) atoms. The minimum absolute atomic E-state index is 0.251. The second-order valence-electron chi connectivity index (χ2n) is 5.37. The Labute approximate surface area is 111 Å². The highest BCUT2D eigenvalue weighted by molar-refractivity contribution is 5.99. The number of carbonyl (C=O) groups excluding carboxylic acids is 2. The summed E-state index contributed by atoms with van der Waals surface area (Å²) < 4.78 is 25.5. The van der Waals surface area contributed by atoms with Gasteiger partial charge in [0, 0.05) is 0 Å². The first-order chi connectivity index (χ1) is 9.01. The number of hydrogen-bond acceptors (Lipinski definition) is 2. The second kappa shape index (κ2) is 5.43. The number of alkyl halides is 2. The van der Waals surface area contributed by atoms with E-state index in [9.17, 15) is 18.4 Å². The van der Waals surface area contributed by atoms with Gasteiger partial charge >= 0.3 is 0 Å². The van der Waals surface area contributed by atoms with Crippen molar-refractivity contribution in [3.8, 4) is 0 Å². The maximum absolute atomic E-state index is 12.8. The normalized spacial score (nSPS) is 26.9. The van der Waals surface area contributed by atoms with Crippen LogP contribution in [0.3, 0.4) is 0 Å². The number of piperazine rings is 1. The van der Waals surface area contributed by atoms with Crippen molar-refractivity contribution in [1.82, 2.24) is 10.2 Å². The fraction of sp³-hybridized carbons (Fsp3) is 0.846. The standard InChI is InChI=1S/C13H20F2N2O2/c1-2-9-11(18)17(8-10(14)15)13(12(19)16-9)6-4-3-5-7-13/h9-10H,2-8H2,1H3,(H,16,19). The van der Waals surface area contributed by atoms with Gasteiger partial charge in [-0.3, -0.25) is 9.59 Å². The highest BCUT2D eigenvalue weighted by Crippen LogP contribution is 2.37. The Balaban J connectivity index is 2.31. The first kappa shape index (κ1) is 14.2. The average molecular weight is 274 g/mol. The molecule has 1 atom stereocenters. The lowest BCUT2D eigenvalue weighted by molar-refractivity contribution is -0.162. The van der Waals surface area contributed by atoms with Crippen molar-refractivity contribution in [2.45, 2.75) is 63.5 Å². The Bertz CT molecular complexity index is 368. The van der Waals surface area contributed by atoms with E-state index in [0.717, 1.165) is 24.2 Å². The molecule has 2 rings (SSSR count). The number of nitrogens with zero attached hydrogens (tertiary/aromatic N) is 1. The lowest BCUT2D eigenvalue weighted by atomic mass is 9.77. The minimum atomic E-state index is -2.61. The van der Waals surface area contributed by atoms with Crippen molar-refractivity contribution in [2.24, 2.45) is 0 Å². The highest BCUT2D eigenvalue weighted by Gasteiger charge is 2.52. The number of halogens is 2. The number of nitrogens with one attached hydrogen (secondary N) is 1. The molecule has 0 radical (unpaired) electrons. The van der Waals surface area contributed by atoms with Gasteiger partial charge in [-0.2, -0.15) is 0 Å². The fourth-order valence-corrected chi connectivity index (χ4v) is 3.19. The van der Waals surface area contributed by atoms with E-state index in [2.05, 4.69) is 5.32 Å². The van der Waals surface area contributed by atoms with E-state index in [1.807, 2.05) is 0 Å². The number of carbonyl (C=O) groups is 2. The van der Waals surface area contributed by atoms with Gasteiger partial charge in [-0.15, -0.1) is 0 Å². The maximum atomic E-state index is 12.8. The van der Waals surface area contributed by atoms with Gasteiger partial charge in [0.1, 0.15) is 11.6 Å². The molecule has 0 aromatic carbocycles. The molecule has 1 spiro atoms. The summed E-state index contributed by atoms with van der Waals surface area (Å²) in [5.74, 6) is -0.608. The second-order valence-corrected chi connectivity index (χ2v) is 5.37. The SMILES string of the molecule is CCC1NC(=O)C2(CCCCC2)N(CC(F)F)C1=O. The van der Waals surface area contributed by atoms with E-state index in [-0.39, 0.29) is 11.8 Å². The first-order valence-corrected chi connectivity index (χ1v) is 6.92. The summed E-state index contributed by atoms with van der Waals surface area (Å²) in [5, 5.41) is 2.70. The summed E-state index contributed by atoms with van der Waals surface area (Å²) in [7, 11) is 0. The van der Waals surface area contributed by atoms with Gasteiger partial charge in [-0.1, -0.05) is 26.2 Å². The van der Waals surface area contributed by atoms with E-state index in [1.54, 1.807) is 6.92 Å². The first-order valence-electron chi connectivity index (χ1n) is 6.92. The monoisotopic (exact) mass is 274 g/mol. The Morgan fingerprint density at radius 1 is 1.32 bits per heavy atom. The molecule has 2 amide bonds. The van der Waals surface area contributed by atoms with Gasteiger partial charge in [0.25, 0.3) is 6.43 Å². The van der Waals surface area contributed by atoms with Crippen molar-refractivity contribution in [3.63, 3.8) is 0 Å². The molecule has 1 heterocycles. The smallest absolute Gasteiger partial charge is 0.255 e. The third-order valence-electron chi connectivity index (χ3n) is 4.22. The summed E-state index contributed by atoms with van der Waals surface area (Å²) >= 11 is 0. The number of amides is 2. The Kier molecular flexibility index (Phi) is 4.06. The summed E-state index contributed by atoms with van der Waals surface area (Å²) in [5.41, 5.74) is -1.03. The lowest BCUT2D eigenvalue weighted by Gasteiger charge is -2.49. The average Bonchev–Trinajstić information content (AvgIpc) is 2.40. The van der Waals surface area contributed by atoms with Crippen LogP contribution in [0.15, 0.2) is 0 Å². The fourth-order valence-electron chi connectivity index (χ4n) is 3.19. The lowest BCUT2D eigenvalue weighted by Crippen LogP contribution is -2.71. The molecule has 2 fully saturated rings. The minimum Gasteiger partial charge on any atom is -0.342 e. The van der Waals surface area contributed by atoms with Gasteiger partial charge < -0.3 is 10.2 Å². The molecule has 2 aliphatic rings. The van der Waals surface area contributed by atoms with Crippen LogP contribution in [-0.2, 0) is 9.59 Å². The van der Waals surface area contributed by atoms with Gasteiger partial charge in [-0.25, -0.2) is 8.78 Å². The molecule has 0 aromatic heterocycles. The zero-order chi connectivity index (χ0) is 14.0. The van der Waals surface area contributed by atoms with E-state index in [4.69, 9.17) is 0 Å². The molecule has 1 saturated carbocycles. The predicted molar refractivity (Wildman–Crippen MR) is 65.8 cm³/mol. The zero-order valence-corrected chi connectivity index (χ0v) is 11.1. The van der Waals surface area contributed by atoms with Crippen LogP contribution in [0.5, 0.6) is 0 Å². The van der Waals surface area contributed by atoms with Crippen molar-refractivity contribution in [1.29, 1.82) is 0 Å². The molecular weight excluding hydrogens is 254 g/mol. The topological polar surface area (TPSA) is 49.4 Å². The van der Waals surface area contributed by atoms with Crippen LogP contribution in [0, 0.1) is 0 Å². The summed E-state index contributed by atoms with van der Waals surface area (Å²) in [6.07, 6.45) is 1.41. The molecule has 0 bridgehead atoms. The van der Waals surface area contributed by atoms with Crippen LogP contribution in [0.4, 0.5) is 8.78 Å². The Hall–Kier alpha value is -1.20. The molecule has 6 heteroatoms. The van der Waals surface area contributed by atoms with E-state index >= 15 is 0 Å². The molecular formula is C13H20F2N2O2. The summed E-state index contributed by atoms with van der Waals surface area (Å²) in [6, 6.07) is -0.654. The summed E-state index contributed by atoms with van der Waals surface area (Å²) in [4.78, 5) is 25.8. The van der Waals surface area contributed by atoms with Crippen LogP contribution in [0.2, 0.25) is 0 Å². The van der Waals surface area contributed by atoms with Crippen LogP contribution in [0.1, 0.15) is 45.4 Å². The largest absolute Gasteiger partial charge is 0.342 e. The Morgan fingerprint density at radius 2 is 1.95 bits per heavy atom. The summed E-state index contributed by atoms with van der Waals surface area (Å²) in [6.45, 7) is 1.13. The van der Waals surface area contributed by atoms with Gasteiger partial charge in [0.15, 0.2) is 0 Å². The molecule has 1 saturated heterocycles. The zero-order valence-electron chi connectivity index (χ0n) is 11.1. The molecule has 1 aliphatic carbocycles. The van der Waals surface area contributed by atoms with Gasteiger partial charge in [0.2, 0.25) is 11.8 Å². The predicted octanol–water partition coefficient (Wildman–Crippen LogP) is 1.69. The Morgan fingerprint density at radius 3 is 2.47 bits per heavy atom. The van der Waals surface area contributed by atoms with Gasteiger partial charge in [-0.05, 0) is 19.3 Å². The molecule has 1 unspecified atom stereocenters. The van der Waals surface area contributed by atoms with Crippen molar-refractivity contribution >= 4 is 11.8 Å². The maximum Gasteiger partial charge on any atom is 0.255 e. The van der Waals surface area contributed by atoms with Crippen LogP contribution in [-0.4, -0.2) is 41.3 Å². The third kappa shape index (κ3) is 2.44. The molecule has 0 aromatic rings. The van der Waals surface area contributed by atoms with Crippen molar-refractivity contribution in [2.75, 3.05) is 6.54 Å². The van der Waals surface area contributed by atoms with Crippen LogP contribution < -0.4 is 5.32 Å². The van der Waals surface area contributed by atoms with E-state index < -0.39 is 24.6 Å². The molecule has 1 aliphatic heterocycles. The van der Waals surface area contributed by atoms with Crippen LogP contribution >= 0.6 is 0 Å². The highest BCUT2D eigenvalue weighted by atomic mass is 19.3.